The van der Waals surface area contributed by atoms with Crippen LogP contribution in [0.2, 0.25) is 5.02 Å². The number of hydrogen-bond acceptors (Lipinski definition) is 2. The minimum atomic E-state index is 0.287. The van der Waals surface area contributed by atoms with Crippen LogP contribution < -0.4 is 0 Å². The van der Waals surface area contributed by atoms with Gasteiger partial charge in [-0.15, -0.1) is 0 Å². The first-order chi connectivity index (χ1) is 8.70. The van der Waals surface area contributed by atoms with Gasteiger partial charge >= 0.3 is 0 Å². The van der Waals surface area contributed by atoms with Crippen LogP contribution in [0.1, 0.15) is 30.7 Å². The maximum absolute atomic E-state index is 9.76. The Kier molecular flexibility index (Phi) is 3.35. The van der Waals surface area contributed by atoms with Gasteiger partial charge in [-0.2, -0.15) is 0 Å². The number of fused-ring (bicyclic) bond motifs is 2. The van der Waals surface area contributed by atoms with E-state index in [4.69, 9.17) is 11.6 Å². The summed E-state index contributed by atoms with van der Waals surface area (Å²) in [6, 6.07) is 9.42. The second-order valence-corrected chi connectivity index (χ2v) is 6.14. The fraction of sp³-hybridized carbons (Fsp3) is 0.600. The Morgan fingerprint density at radius 1 is 1.28 bits per heavy atom. The van der Waals surface area contributed by atoms with Crippen molar-refractivity contribution in [1.82, 2.24) is 4.90 Å². The number of rotatable bonds is 2. The van der Waals surface area contributed by atoms with Crippen molar-refractivity contribution in [1.29, 1.82) is 0 Å². The molecule has 2 bridgehead atoms. The van der Waals surface area contributed by atoms with E-state index in [1.807, 2.05) is 12.1 Å². The smallest absolute Gasteiger partial charge is 0.0480 e. The number of aliphatic hydroxyl groups is 1. The van der Waals surface area contributed by atoms with Gasteiger partial charge in [-0.25, -0.2) is 0 Å². The van der Waals surface area contributed by atoms with Crippen LogP contribution in [0.4, 0.5) is 0 Å². The molecule has 2 heterocycles. The number of benzene rings is 1. The Morgan fingerprint density at radius 2 is 2.00 bits per heavy atom. The van der Waals surface area contributed by atoms with Crippen LogP contribution >= 0.6 is 11.6 Å². The Bertz CT molecular complexity index is 419. The molecule has 0 aliphatic carbocycles. The first-order valence-corrected chi connectivity index (χ1v) is 7.16. The van der Waals surface area contributed by atoms with E-state index in [0.717, 1.165) is 5.02 Å². The van der Waals surface area contributed by atoms with E-state index in [0.29, 0.717) is 23.9 Å². The molecule has 3 heteroatoms. The summed E-state index contributed by atoms with van der Waals surface area (Å²) in [6.45, 7) is 0.287. The summed E-state index contributed by atoms with van der Waals surface area (Å²) in [6.07, 6.45) is 3.68. The average molecular weight is 266 g/mol. The summed E-state index contributed by atoms with van der Waals surface area (Å²) in [5.74, 6) is 0.857. The molecular weight excluding hydrogens is 246 g/mol. The third kappa shape index (κ3) is 1.97. The lowest BCUT2D eigenvalue weighted by Crippen LogP contribution is -2.47. The van der Waals surface area contributed by atoms with Crippen molar-refractivity contribution < 1.29 is 5.11 Å². The first-order valence-electron chi connectivity index (χ1n) is 6.79. The molecule has 2 aliphatic rings. The van der Waals surface area contributed by atoms with Gasteiger partial charge < -0.3 is 10.0 Å². The van der Waals surface area contributed by atoms with Gasteiger partial charge in [0.15, 0.2) is 0 Å². The van der Waals surface area contributed by atoms with Gasteiger partial charge in [-0.05, 0) is 49.9 Å². The molecule has 2 nitrogen and oxygen atoms in total. The molecule has 2 aliphatic heterocycles. The minimum Gasteiger partial charge on any atom is -0.396 e. The average Bonchev–Trinajstić information content (AvgIpc) is 2.63. The Morgan fingerprint density at radius 3 is 2.67 bits per heavy atom. The summed E-state index contributed by atoms with van der Waals surface area (Å²) in [4.78, 5) is 2.48. The molecule has 0 spiro atoms. The molecule has 0 saturated carbocycles. The summed E-state index contributed by atoms with van der Waals surface area (Å²) in [5, 5.41) is 10.5. The predicted octanol–water partition coefficient (Wildman–Crippen LogP) is 2.90. The van der Waals surface area contributed by atoms with E-state index in [-0.39, 0.29) is 6.61 Å². The lowest BCUT2D eigenvalue weighted by Gasteiger charge is -2.42. The summed E-state index contributed by atoms with van der Waals surface area (Å²) in [7, 11) is 2.21. The van der Waals surface area contributed by atoms with Crippen LogP contribution in [0.3, 0.4) is 0 Å². The van der Waals surface area contributed by atoms with Crippen molar-refractivity contribution in [2.45, 2.75) is 37.3 Å². The summed E-state index contributed by atoms with van der Waals surface area (Å²) < 4.78 is 0. The van der Waals surface area contributed by atoms with Gasteiger partial charge in [0.1, 0.15) is 0 Å². The van der Waals surface area contributed by atoms with Crippen molar-refractivity contribution >= 4 is 11.6 Å². The van der Waals surface area contributed by atoms with Crippen LogP contribution in [0.25, 0.3) is 0 Å². The molecule has 1 N–H and O–H groups in total. The molecule has 0 aromatic heterocycles. The SMILES string of the molecule is CN1[C@H]2CC[C@@H]1[C@H](CO)[C@@H](c1ccc(Cl)cc1)C2. The van der Waals surface area contributed by atoms with Gasteiger partial charge in [0.05, 0.1) is 0 Å². The van der Waals surface area contributed by atoms with E-state index in [1.165, 1.54) is 24.8 Å². The molecule has 2 saturated heterocycles. The van der Waals surface area contributed by atoms with E-state index < -0.39 is 0 Å². The zero-order chi connectivity index (χ0) is 12.7. The van der Waals surface area contributed by atoms with Gasteiger partial charge in [-0.1, -0.05) is 23.7 Å². The zero-order valence-corrected chi connectivity index (χ0v) is 11.5. The minimum absolute atomic E-state index is 0.287. The first kappa shape index (κ1) is 12.5. The second kappa shape index (κ2) is 4.84. The van der Waals surface area contributed by atoms with Crippen LogP contribution in [0, 0.1) is 5.92 Å². The number of piperidine rings is 1. The summed E-state index contributed by atoms with van der Waals surface area (Å²) >= 11 is 5.96. The van der Waals surface area contributed by atoms with Crippen molar-refractivity contribution in [2.75, 3.05) is 13.7 Å². The normalized spacial score (nSPS) is 35.9. The predicted molar refractivity (Wildman–Crippen MR) is 74.0 cm³/mol. The Hall–Kier alpha value is -0.570. The van der Waals surface area contributed by atoms with Crippen LogP contribution in [0.5, 0.6) is 0 Å². The van der Waals surface area contributed by atoms with E-state index in [2.05, 4.69) is 24.1 Å². The van der Waals surface area contributed by atoms with Gasteiger partial charge in [-0.3, -0.25) is 0 Å². The van der Waals surface area contributed by atoms with Gasteiger partial charge in [0.25, 0.3) is 0 Å². The molecular formula is C15H20ClNO. The van der Waals surface area contributed by atoms with Gasteiger partial charge in [0, 0.05) is 29.6 Å². The fourth-order valence-electron chi connectivity index (χ4n) is 3.92. The highest BCUT2D eigenvalue weighted by Crippen LogP contribution is 2.45. The van der Waals surface area contributed by atoms with E-state index >= 15 is 0 Å². The lowest BCUT2D eigenvalue weighted by molar-refractivity contribution is 0.0592. The van der Waals surface area contributed by atoms with Gasteiger partial charge in [0.2, 0.25) is 0 Å². The maximum atomic E-state index is 9.76. The molecule has 4 atom stereocenters. The highest BCUT2D eigenvalue weighted by molar-refractivity contribution is 6.30. The highest BCUT2D eigenvalue weighted by Gasteiger charge is 2.45. The number of hydrogen-bond donors (Lipinski definition) is 1. The zero-order valence-electron chi connectivity index (χ0n) is 10.7. The maximum Gasteiger partial charge on any atom is 0.0480 e. The number of aliphatic hydroxyl groups excluding tert-OH is 1. The largest absolute Gasteiger partial charge is 0.396 e. The Balaban J connectivity index is 1.89. The Labute approximate surface area is 114 Å². The molecule has 18 heavy (non-hydrogen) atoms. The number of halogens is 1. The van der Waals surface area contributed by atoms with Crippen molar-refractivity contribution in [2.24, 2.45) is 5.92 Å². The molecule has 1 aromatic carbocycles. The molecule has 0 radical (unpaired) electrons. The lowest BCUT2D eigenvalue weighted by atomic mass is 9.76. The van der Waals surface area contributed by atoms with E-state index in [1.54, 1.807) is 0 Å². The van der Waals surface area contributed by atoms with Crippen LogP contribution in [-0.4, -0.2) is 35.7 Å². The van der Waals surface area contributed by atoms with Crippen molar-refractivity contribution in [3.8, 4) is 0 Å². The third-order valence-corrected chi connectivity index (χ3v) is 5.19. The highest BCUT2D eigenvalue weighted by atomic mass is 35.5. The molecule has 2 fully saturated rings. The van der Waals surface area contributed by atoms with Crippen LogP contribution in [0.15, 0.2) is 24.3 Å². The standard InChI is InChI=1S/C15H20ClNO/c1-17-12-6-7-15(17)14(9-18)13(8-12)10-2-4-11(16)5-3-10/h2-5,12-15,18H,6-9H2,1H3/t12-,13+,14+,15+/m0/s1. The molecule has 0 unspecified atom stereocenters. The molecule has 1 aromatic rings. The molecule has 98 valence electrons. The van der Waals surface area contributed by atoms with Crippen LogP contribution in [-0.2, 0) is 0 Å². The monoisotopic (exact) mass is 265 g/mol. The number of nitrogens with zero attached hydrogens (tertiary/aromatic N) is 1. The molecule has 3 rings (SSSR count). The van der Waals surface area contributed by atoms with Crippen molar-refractivity contribution in [3.05, 3.63) is 34.9 Å². The van der Waals surface area contributed by atoms with Crippen molar-refractivity contribution in [3.63, 3.8) is 0 Å². The third-order valence-electron chi connectivity index (χ3n) is 4.94. The second-order valence-electron chi connectivity index (χ2n) is 5.70. The summed E-state index contributed by atoms with van der Waals surface area (Å²) in [5.41, 5.74) is 1.34. The fourth-order valence-corrected chi connectivity index (χ4v) is 4.05. The molecule has 0 amide bonds. The topological polar surface area (TPSA) is 23.5 Å². The quantitative estimate of drug-likeness (QED) is 0.889. The van der Waals surface area contributed by atoms with E-state index in [9.17, 15) is 5.11 Å².